The van der Waals surface area contributed by atoms with E-state index in [1.165, 1.54) is 6.07 Å². The molecule has 0 radical (unpaired) electrons. The molecule has 88 valence electrons. The molecule has 0 fully saturated rings. The van der Waals surface area contributed by atoms with Crippen LogP contribution in [0.3, 0.4) is 0 Å². The number of carbonyl (C=O) groups is 1. The van der Waals surface area contributed by atoms with Crippen molar-refractivity contribution in [3.8, 4) is 0 Å². The second-order valence-electron chi connectivity index (χ2n) is 3.06. The fourth-order valence-electron chi connectivity index (χ4n) is 1.13. The maximum atomic E-state index is 12.7. The molecule has 0 bridgehead atoms. The third kappa shape index (κ3) is 3.51. The topological polar surface area (TPSA) is 61.5 Å². The van der Waals surface area contributed by atoms with Gasteiger partial charge in [-0.1, -0.05) is 0 Å². The van der Waals surface area contributed by atoms with Crippen molar-refractivity contribution in [2.75, 3.05) is 25.6 Å². The van der Waals surface area contributed by atoms with Crippen LogP contribution in [0.4, 0.5) is 10.1 Å². The molecule has 0 atom stereocenters. The molecular weight excluding hydrogens is 213 g/mol. The van der Waals surface area contributed by atoms with E-state index in [2.05, 4.69) is 0 Å². The van der Waals surface area contributed by atoms with E-state index in [1.807, 2.05) is 6.92 Å². The normalized spacial score (nSPS) is 10.1. The van der Waals surface area contributed by atoms with Crippen molar-refractivity contribution < 1.29 is 18.7 Å². The number of carbonyl (C=O) groups excluding carboxylic acids is 1. The van der Waals surface area contributed by atoms with Crippen molar-refractivity contribution >= 4 is 11.7 Å². The molecule has 0 aliphatic heterocycles. The van der Waals surface area contributed by atoms with E-state index in [9.17, 15) is 9.18 Å². The third-order valence-electron chi connectivity index (χ3n) is 1.90. The van der Waals surface area contributed by atoms with Crippen molar-refractivity contribution in [3.05, 3.63) is 29.6 Å². The largest absolute Gasteiger partial charge is 0.460 e. The first-order valence-corrected chi connectivity index (χ1v) is 4.95. The summed E-state index contributed by atoms with van der Waals surface area (Å²) in [6, 6.07) is 3.54. The number of hydrogen-bond acceptors (Lipinski definition) is 4. The number of ether oxygens (including phenoxy) is 2. The highest BCUT2D eigenvalue weighted by Crippen LogP contribution is 2.14. The van der Waals surface area contributed by atoms with Crippen molar-refractivity contribution in [3.63, 3.8) is 0 Å². The molecule has 0 amide bonds. The van der Waals surface area contributed by atoms with Gasteiger partial charge in [-0.15, -0.1) is 0 Å². The number of anilines is 1. The maximum Gasteiger partial charge on any atom is 0.340 e. The molecule has 0 aliphatic rings. The van der Waals surface area contributed by atoms with Gasteiger partial charge in [0.15, 0.2) is 0 Å². The highest BCUT2D eigenvalue weighted by Gasteiger charge is 2.11. The van der Waals surface area contributed by atoms with Crippen LogP contribution in [0.5, 0.6) is 0 Å². The maximum absolute atomic E-state index is 12.7. The lowest BCUT2D eigenvalue weighted by Crippen LogP contribution is -2.12. The van der Waals surface area contributed by atoms with Crippen molar-refractivity contribution in [2.24, 2.45) is 0 Å². The zero-order valence-electron chi connectivity index (χ0n) is 9.03. The summed E-state index contributed by atoms with van der Waals surface area (Å²) in [4.78, 5) is 11.5. The predicted octanol–water partition coefficient (Wildman–Crippen LogP) is 1.60. The van der Waals surface area contributed by atoms with Gasteiger partial charge in [0.2, 0.25) is 0 Å². The first kappa shape index (κ1) is 12.4. The smallest absolute Gasteiger partial charge is 0.340 e. The Morgan fingerprint density at radius 3 is 2.81 bits per heavy atom. The van der Waals surface area contributed by atoms with Gasteiger partial charge in [-0.3, -0.25) is 0 Å². The highest BCUT2D eigenvalue weighted by molar-refractivity contribution is 5.94. The molecule has 0 heterocycles. The van der Waals surface area contributed by atoms with Crippen molar-refractivity contribution in [1.82, 2.24) is 0 Å². The monoisotopic (exact) mass is 227 g/mol. The molecule has 1 aromatic carbocycles. The fraction of sp³-hybridized carbons (Fsp3) is 0.364. The van der Waals surface area contributed by atoms with Crippen LogP contribution in [0.1, 0.15) is 17.3 Å². The van der Waals surface area contributed by atoms with Gasteiger partial charge in [-0.2, -0.15) is 0 Å². The minimum absolute atomic E-state index is 0.0707. The minimum Gasteiger partial charge on any atom is -0.460 e. The molecule has 0 aliphatic carbocycles. The Balaban J connectivity index is 2.53. The highest BCUT2D eigenvalue weighted by atomic mass is 19.1. The van der Waals surface area contributed by atoms with E-state index in [-0.39, 0.29) is 17.9 Å². The molecule has 0 aromatic heterocycles. The van der Waals surface area contributed by atoms with Crippen LogP contribution >= 0.6 is 0 Å². The molecule has 0 saturated heterocycles. The van der Waals surface area contributed by atoms with E-state index in [1.54, 1.807) is 0 Å². The Morgan fingerprint density at radius 2 is 2.19 bits per heavy atom. The predicted molar refractivity (Wildman–Crippen MR) is 57.6 cm³/mol. The first-order valence-electron chi connectivity index (χ1n) is 4.95. The van der Waals surface area contributed by atoms with Gasteiger partial charge in [0, 0.05) is 12.3 Å². The molecule has 16 heavy (non-hydrogen) atoms. The van der Waals surface area contributed by atoms with Gasteiger partial charge in [0.25, 0.3) is 0 Å². The lowest BCUT2D eigenvalue weighted by atomic mass is 10.2. The molecule has 0 saturated carbocycles. The van der Waals surface area contributed by atoms with Crippen LogP contribution in [0.15, 0.2) is 18.2 Å². The van der Waals surface area contributed by atoms with Crippen LogP contribution in [0.2, 0.25) is 0 Å². The van der Waals surface area contributed by atoms with Crippen LogP contribution in [0, 0.1) is 5.82 Å². The van der Waals surface area contributed by atoms with Gasteiger partial charge in [-0.25, -0.2) is 9.18 Å². The number of benzene rings is 1. The van der Waals surface area contributed by atoms with Crippen LogP contribution in [-0.2, 0) is 9.47 Å². The van der Waals surface area contributed by atoms with Gasteiger partial charge >= 0.3 is 5.97 Å². The molecule has 1 rings (SSSR count). The summed E-state index contributed by atoms with van der Waals surface area (Å²) in [7, 11) is 0. The van der Waals surface area contributed by atoms with Crippen LogP contribution < -0.4 is 5.73 Å². The van der Waals surface area contributed by atoms with Gasteiger partial charge < -0.3 is 15.2 Å². The van der Waals surface area contributed by atoms with E-state index in [0.717, 1.165) is 12.1 Å². The van der Waals surface area contributed by atoms with Gasteiger partial charge in [-0.05, 0) is 25.1 Å². The number of nitrogen functional groups attached to an aromatic ring is 1. The average Bonchev–Trinajstić information content (AvgIpc) is 2.24. The molecule has 5 heteroatoms. The molecule has 2 N–H and O–H groups in total. The third-order valence-corrected chi connectivity index (χ3v) is 1.90. The first-order chi connectivity index (χ1) is 7.65. The number of esters is 1. The number of nitrogens with two attached hydrogens (primary N) is 1. The number of hydrogen-bond donors (Lipinski definition) is 1. The van der Waals surface area contributed by atoms with Gasteiger partial charge in [0.1, 0.15) is 12.4 Å². The van der Waals surface area contributed by atoms with Crippen molar-refractivity contribution in [1.29, 1.82) is 0 Å². The second kappa shape index (κ2) is 6.07. The standard InChI is InChI=1S/C11H14FNO3/c1-2-15-5-6-16-11(14)9-4-3-8(12)7-10(9)13/h3-4,7H,2,5-6,13H2,1H3. The Hall–Kier alpha value is -1.62. The van der Waals surface area contributed by atoms with E-state index in [0.29, 0.717) is 13.2 Å². The molecular formula is C11H14FNO3. The summed E-state index contributed by atoms with van der Waals surface area (Å²) in [5.41, 5.74) is 5.72. The molecule has 4 nitrogen and oxygen atoms in total. The Labute approximate surface area is 93.2 Å². The van der Waals surface area contributed by atoms with E-state index in [4.69, 9.17) is 15.2 Å². The van der Waals surface area contributed by atoms with E-state index >= 15 is 0 Å². The zero-order chi connectivity index (χ0) is 12.0. The quantitative estimate of drug-likeness (QED) is 0.471. The van der Waals surface area contributed by atoms with Crippen molar-refractivity contribution in [2.45, 2.75) is 6.92 Å². The van der Waals surface area contributed by atoms with E-state index < -0.39 is 11.8 Å². The average molecular weight is 227 g/mol. The Bertz CT molecular complexity index is 368. The lowest BCUT2D eigenvalue weighted by Gasteiger charge is -2.06. The minimum atomic E-state index is -0.572. The van der Waals surface area contributed by atoms with Gasteiger partial charge in [0.05, 0.1) is 12.2 Å². The molecule has 1 aromatic rings. The summed E-state index contributed by atoms with van der Waals surface area (Å²) < 4.78 is 22.6. The summed E-state index contributed by atoms with van der Waals surface area (Å²) in [5.74, 6) is -1.06. The van der Waals surface area contributed by atoms with Crippen LogP contribution in [-0.4, -0.2) is 25.8 Å². The van der Waals surface area contributed by atoms with Crippen LogP contribution in [0.25, 0.3) is 0 Å². The zero-order valence-corrected chi connectivity index (χ0v) is 9.03. The Kier molecular flexibility index (Phi) is 4.72. The summed E-state index contributed by atoms with van der Waals surface area (Å²) >= 11 is 0. The SMILES string of the molecule is CCOCCOC(=O)c1ccc(F)cc1N. The molecule has 0 unspecified atom stereocenters. The summed E-state index contributed by atoms with van der Waals surface area (Å²) in [5, 5.41) is 0. The molecule has 0 spiro atoms. The Morgan fingerprint density at radius 1 is 1.44 bits per heavy atom. The second-order valence-corrected chi connectivity index (χ2v) is 3.06. The summed E-state index contributed by atoms with van der Waals surface area (Å²) in [6.45, 7) is 2.91. The fourth-order valence-corrected chi connectivity index (χ4v) is 1.13. The number of rotatable bonds is 5. The summed E-state index contributed by atoms with van der Waals surface area (Å²) in [6.07, 6.45) is 0. The lowest BCUT2D eigenvalue weighted by molar-refractivity contribution is 0.0336. The number of halogens is 1.